The molecule has 4 heterocycles. The molecule has 3 N–H and O–H groups in total. The Morgan fingerprint density at radius 2 is 1.64 bits per heavy atom. The molecule has 2 aliphatic heterocycles. The molecule has 2 aromatic carbocycles. The predicted octanol–water partition coefficient (Wildman–Crippen LogP) is 2.56. The summed E-state index contributed by atoms with van der Waals surface area (Å²) >= 11 is 6.51. The maximum absolute atomic E-state index is 15.5. The fourth-order valence-electron chi connectivity index (χ4n) is 6.97. The van der Waals surface area contributed by atoms with Crippen LogP contribution in [-0.2, 0) is 23.1 Å². The van der Waals surface area contributed by atoms with Gasteiger partial charge in [0.25, 0.3) is 17.7 Å². The van der Waals surface area contributed by atoms with Crippen molar-refractivity contribution in [3.63, 3.8) is 0 Å². The highest BCUT2D eigenvalue weighted by molar-refractivity contribution is 6.34. The average molecular weight is 756 g/mol. The summed E-state index contributed by atoms with van der Waals surface area (Å²) in [4.78, 5) is 47.0. The minimum Gasteiger partial charge on any atom is -0.384 e. The number of likely N-dealkylation sites (N-methyl/N-ethyl adjacent to an activating group) is 1. The van der Waals surface area contributed by atoms with Crippen LogP contribution in [-0.4, -0.2) is 140 Å². The number of hydrogen-bond acceptors (Lipinski definition) is 8. The zero-order valence-electron chi connectivity index (χ0n) is 29.9. The highest BCUT2D eigenvalue weighted by Crippen LogP contribution is 2.33. The standard InChI is InChI=1S/C36H41ClF2N8O6/c1-21-26(17-46(42-21)13-14-53-4)23-7-8-25(33(39)32(23)38)28-16-40-34(43(28)2)35(51)41-22-5-6-24(27(37)15-22)36(52)45-11-9-44(10-12-45)31(50)20-47(3)18-29(48)30(49)19-47/h5-8,15-17,29-30,48-49H,9-14,18-20H2,1-4H3/p+1/t29-,30-/m1/s1. The van der Waals surface area contributed by atoms with Gasteiger partial charge in [-0.1, -0.05) is 17.7 Å². The van der Waals surface area contributed by atoms with Crippen LogP contribution in [0.5, 0.6) is 0 Å². The maximum Gasteiger partial charge on any atom is 0.291 e. The Hall–Kier alpha value is -4.74. The number of rotatable bonds is 10. The fourth-order valence-corrected chi connectivity index (χ4v) is 7.23. The van der Waals surface area contributed by atoms with Crippen LogP contribution < -0.4 is 5.32 Å². The summed E-state index contributed by atoms with van der Waals surface area (Å²) in [6, 6.07) is 7.36. The van der Waals surface area contributed by atoms with Crippen LogP contribution >= 0.6 is 11.6 Å². The molecular formula is C36H42ClF2N8O6+. The molecule has 53 heavy (non-hydrogen) atoms. The second-order valence-corrected chi connectivity index (χ2v) is 14.2. The minimum atomic E-state index is -1.10. The SMILES string of the molecule is COCCn1cc(-c2ccc(-c3cnc(C(=O)Nc4ccc(C(=O)N5CCN(C(=O)C[N+]6(C)C[C@@H](O)[C@H](O)C6)CC5)c(Cl)c4)n3C)c(F)c2F)c(C)n1. The van der Waals surface area contributed by atoms with Gasteiger partial charge in [0.2, 0.25) is 0 Å². The molecule has 2 aromatic heterocycles. The number of aromatic nitrogens is 4. The lowest BCUT2D eigenvalue weighted by atomic mass is 10.0. The fraction of sp³-hybridized carbons (Fsp3) is 0.417. The van der Waals surface area contributed by atoms with E-state index in [2.05, 4.69) is 15.4 Å². The second-order valence-electron chi connectivity index (χ2n) is 13.8. The molecule has 0 radical (unpaired) electrons. The van der Waals surface area contributed by atoms with Gasteiger partial charge in [-0.3, -0.25) is 19.1 Å². The summed E-state index contributed by atoms with van der Waals surface area (Å²) in [6.45, 7) is 4.56. The molecule has 17 heteroatoms. The lowest BCUT2D eigenvalue weighted by Gasteiger charge is -2.37. The molecule has 2 fully saturated rings. The summed E-state index contributed by atoms with van der Waals surface area (Å²) in [5, 5.41) is 27.0. The third-order valence-electron chi connectivity index (χ3n) is 9.90. The molecule has 14 nitrogen and oxygen atoms in total. The molecule has 6 rings (SSSR count). The van der Waals surface area contributed by atoms with E-state index in [1.54, 1.807) is 34.7 Å². The number of piperazine rings is 1. The predicted molar refractivity (Wildman–Crippen MR) is 191 cm³/mol. The minimum absolute atomic E-state index is 0.0524. The number of aryl methyl sites for hydroxylation is 1. The molecule has 0 spiro atoms. The number of aliphatic hydroxyl groups is 2. The maximum atomic E-state index is 15.5. The summed E-state index contributed by atoms with van der Waals surface area (Å²) < 4.78 is 39.2. The van der Waals surface area contributed by atoms with E-state index >= 15 is 8.78 Å². The van der Waals surface area contributed by atoms with E-state index < -0.39 is 29.7 Å². The molecule has 3 amide bonds. The van der Waals surface area contributed by atoms with Crippen molar-refractivity contribution in [1.82, 2.24) is 29.1 Å². The highest BCUT2D eigenvalue weighted by atomic mass is 35.5. The van der Waals surface area contributed by atoms with Crippen molar-refractivity contribution in [2.24, 2.45) is 7.05 Å². The van der Waals surface area contributed by atoms with Crippen LogP contribution in [0.1, 0.15) is 26.7 Å². The van der Waals surface area contributed by atoms with Crippen LogP contribution in [0.15, 0.2) is 42.7 Å². The smallest absolute Gasteiger partial charge is 0.291 e. The third kappa shape index (κ3) is 7.82. The molecule has 282 valence electrons. The summed E-state index contributed by atoms with van der Waals surface area (Å²) in [7, 11) is 4.90. The van der Waals surface area contributed by atoms with Gasteiger partial charge in [-0.2, -0.15) is 5.10 Å². The number of benzene rings is 2. The normalized spacial score (nSPS) is 18.4. The monoisotopic (exact) mass is 755 g/mol. The Kier molecular flexibility index (Phi) is 11.0. The number of aliphatic hydroxyl groups excluding tert-OH is 2. The number of carbonyl (C=O) groups is 3. The van der Waals surface area contributed by atoms with Crippen molar-refractivity contribution < 1.29 is 42.6 Å². The molecular weight excluding hydrogens is 714 g/mol. The van der Waals surface area contributed by atoms with Crippen LogP contribution in [0.2, 0.25) is 5.02 Å². The lowest BCUT2D eigenvalue weighted by Crippen LogP contribution is -2.55. The van der Waals surface area contributed by atoms with Crippen molar-refractivity contribution in [2.45, 2.75) is 25.7 Å². The summed E-state index contributed by atoms with van der Waals surface area (Å²) in [5.74, 6) is -3.30. The number of quaternary nitrogens is 1. The summed E-state index contributed by atoms with van der Waals surface area (Å²) in [5.41, 5.74) is 1.64. The number of nitrogens with one attached hydrogen (secondary N) is 1. The van der Waals surface area contributed by atoms with Gasteiger partial charge >= 0.3 is 0 Å². The van der Waals surface area contributed by atoms with Gasteiger partial charge in [-0.25, -0.2) is 13.8 Å². The first-order valence-corrected chi connectivity index (χ1v) is 17.5. The Morgan fingerprint density at radius 1 is 1.00 bits per heavy atom. The quantitative estimate of drug-likeness (QED) is 0.209. The Labute approximate surface area is 309 Å². The largest absolute Gasteiger partial charge is 0.384 e. The summed E-state index contributed by atoms with van der Waals surface area (Å²) in [6.07, 6.45) is 1.20. The highest BCUT2D eigenvalue weighted by Gasteiger charge is 2.43. The third-order valence-corrected chi connectivity index (χ3v) is 10.2. The van der Waals surface area contributed by atoms with Crippen LogP contribution in [0.3, 0.4) is 0 Å². The van der Waals surface area contributed by atoms with E-state index in [1.165, 1.54) is 48.1 Å². The van der Waals surface area contributed by atoms with Crippen LogP contribution in [0.25, 0.3) is 22.4 Å². The van der Waals surface area contributed by atoms with Gasteiger partial charge in [0.05, 0.1) is 48.4 Å². The average Bonchev–Trinajstić information content (AvgIpc) is 3.77. The number of nitrogens with zero attached hydrogens (tertiary/aromatic N) is 7. The van der Waals surface area contributed by atoms with E-state index in [4.69, 9.17) is 16.3 Å². The second kappa shape index (κ2) is 15.3. The van der Waals surface area contributed by atoms with Crippen LogP contribution in [0.4, 0.5) is 14.5 Å². The molecule has 0 bridgehead atoms. The van der Waals surface area contributed by atoms with Crippen molar-refractivity contribution in [3.05, 3.63) is 76.5 Å². The number of amides is 3. The molecule has 0 aliphatic carbocycles. The topological polar surface area (TPSA) is 155 Å². The zero-order chi connectivity index (χ0) is 38.2. The number of hydrogen-bond donors (Lipinski definition) is 3. The Morgan fingerprint density at radius 3 is 2.30 bits per heavy atom. The van der Waals surface area contributed by atoms with E-state index in [-0.39, 0.29) is 61.8 Å². The van der Waals surface area contributed by atoms with Crippen molar-refractivity contribution in [2.75, 3.05) is 71.9 Å². The van der Waals surface area contributed by atoms with E-state index in [9.17, 15) is 24.6 Å². The van der Waals surface area contributed by atoms with Gasteiger partial charge in [-0.15, -0.1) is 0 Å². The first-order valence-electron chi connectivity index (χ1n) is 17.1. The molecule has 2 atom stereocenters. The molecule has 0 saturated carbocycles. The number of anilines is 1. The van der Waals surface area contributed by atoms with Gasteiger partial charge in [0.15, 0.2) is 24.0 Å². The van der Waals surface area contributed by atoms with Crippen molar-refractivity contribution >= 4 is 35.0 Å². The number of imidazole rings is 1. The Balaban J connectivity index is 1.08. The zero-order valence-corrected chi connectivity index (χ0v) is 30.6. The van der Waals surface area contributed by atoms with E-state index in [0.717, 1.165) is 0 Å². The van der Waals surface area contributed by atoms with E-state index in [0.29, 0.717) is 63.7 Å². The number of carbonyl (C=O) groups excluding carboxylic acids is 3. The first kappa shape index (κ1) is 38.0. The first-order chi connectivity index (χ1) is 25.2. The molecule has 2 saturated heterocycles. The van der Waals surface area contributed by atoms with Crippen molar-refractivity contribution in [1.29, 1.82) is 0 Å². The van der Waals surface area contributed by atoms with Crippen LogP contribution in [0, 0.1) is 18.6 Å². The van der Waals surface area contributed by atoms with Gasteiger partial charge in [0.1, 0.15) is 25.3 Å². The van der Waals surface area contributed by atoms with Gasteiger partial charge in [0, 0.05) is 68.9 Å². The molecule has 0 unspecified atom stereocenters. The van der Waals surface area contributed by atoms with Gasteiger partial charge in [-0.05, 0) is 31.2 Å². The lowest BCUT2D eigenvalue weighted by molar-refractivity contribution is -0.892. The number of likely N-dealkylation sites (tertiary alicyclic amines) is 1. The van der Waals surface area contributed by atoms with Crippen molar-refractivity contribution in [3.8, 4) is 22.4 Å². The van der Waals surface area contributed by atoms with E-state index in [1.807, 2.05) is 7.05 Å². The number of methoxy groups -OCH3 is 1. The van der Waals surface area contributed by atoms with Gasteiger partial charge < -0.3 is 39.1 Å². The number of ether oxygens (including phenoxy) is 1. The molecule has 2 aliphatic rings. The Bertz CT molecular complexity index is 2040. The number of halogens is 3. The molecule has 4 aromatic rings.